The van der Waals surface area contributed by atoms with Crippen LogP contribution in [-0.2, 0) is 9.59 Å². The molecule has 1 rings (SSSR count). The summed E-state index contributed by atoms with van der Waals surface area (Å²) in [5.41, 5.74) is 0. The fraction of sp³-hybridized carbons (Fsp3) is 0.818. The number of carbonyl (C=O) groups is 2. The first-order valence-corrected chi connectivity index (χ1v) is 5.67. The molecular formula is C11H17F2NO3. The number of aliphatic carboxylic acids is 1. The standard InChI is InChI=1S/C11H17F2NO3/c1-7(2)6-11(12,13)10(17)14-5-3-4-8(14)9(15)16/h7-8H,3-6H2,1-2H3,(H,15,16). The lowest BCUT2D eigenvalue weighted by Gasteiger charge is -2.27. The Morgan fingerprint density at radius 1 is 1.47 bits per heavy atom. The number of amides is 1. The Labute approximate surface area is 98.6 Å². The van der Waals surface area contributed by atoms with Gasteiger partial charge in [0.05, 0.1) is 0 Å². The fourth-order valence-corrected chi connectivity index (χ4v) is 2.08. The molecule has 1 heterocycles. The average molecular weight is 249 g/mol. The SMILES string of the molecule is CC(C)CC(F)(F)C(=O)N1CCCC1C(=O)O. The van der Waals surface area contributed by atoms with Crippen molar-refractivity contribution in [2.24, 2.45) is 5.92 Å². The van der Waals surface area contributed by atoms with Crippen LogP contribution < -0.4 is 0 Å². The smallest absolute Gasteiger partial charge is 0.326 e. The van der Waals surface area contributed by atoms with E-state index in [0.717, 1.165) is 4.90 Å². The molecule has 1 aliphatic rings. The second kappa shape index (κ2) is 4.98. The molecule has 6 heteroatoms. The fourth-order valence-electron chi connectivity index (χ4n) is 2.08. The molecular weight excluding hydrogens is 232 g/mol. The molecule has 1 aliphatic heterocycles. The van der Waals surface area contributed by atoms with E-state index in [1.54, 1.807) is 13.8 Å². The Kier molecular flexibility index (Phi) is 4.06. The minimum absolute atomic E-state index is 0.101. The lowest BCUT2D eigenvalue weighted by molar-refractivity contribution is -0.165. The van der Waals surface area contributed by atoms with Gasteiger partial charge in [0.2, 0.25) is 0 Å². The van der Waals surface area contributed by atoms with Crippen molar-refractivity contribution in [1.82, 2.24) is 4.90 Å². The topological polar surface area (TPSA) is 57.6 Å². The Hall–Kier alpha value is -1.20. The van der Waals surface area contributed by atoms with Crippen LogP contribution >= 0.6 is 0 Å². The highest BCUT2D eigenvalue weighted by Gasteiger charge is 2.47. The van der Waals surface area contributed by atoms with Crippen molar-refractivity contribution in [3.63, 3.8) is 0 Å². The van der Waals surface area contributed by atoms with E-state index in [2.05, 4.69) is 0 Å². The van der Waals surface area contributed by atoms with Crippen LogP contribution in [0.3, 0.4) is 0 Å². The Morgan fingerprint density at radius 2 is 2.06 bits per heavy atom. The monoisotopic (exact) mass is 249 g/mol. The van der Waals surface area contributed by atoms with Crippen molar-refractivity contribution < 1.29 is 23.5 Å². The first kappa shape index (κ1) is 13.9. The van der Waals surface area contributed by atoms with Crippen molar-refractivity contribution in [3.8, 4) is 0 Å². The Balaban J connectivity index is 2.78. The summed E-state index contributed by atoms with van der Waals surface area (Å²) >= 11 is 0. The molecule has 0 aliphatic carbocycles. The van der Waals surface area contributed by atoms with E-state index >= 15 is 0 Å². The van der Waals surface area contributed by atoms with E-state index in [1.165, 1.54) is 0 Å². The summed E-state index contributed by atoms with van der Waals surface area (Å²) in [6, 6.07) is -1.10. The van der Waals surface area contributed by atoms with E-state index in [9.17, 15) is 18.4 Å². The third kappa shape index (κ3) is 3.14. The predicted octanol–water partition coefficient (Wildman–Crippen LogP) is 1.74. The van der Waals surface area contributed by atoms with Gasteiger partial charge in [-0.2, -0.15) is 8.78 Å². The van der Waals surface area contributed by atoms with Crippen molar-refractivity contribution in [1.29, 1.82) is 0 Å². The minimum Gasteiger partial charge on any atom is -0.480 e. The zero-order chi connectivity index (χ0) is 13.2. The summed E-state index contributed by atoms with van der Waals surface area (Å²) in [5, 5.41) is 8.84. The maximum atomic E-state index is 13.6. The van der Waals surface area contributed by atoms with Gasteiger partial charge in [0, 0.05) is 13.0 Å². The Morgan fingerprint density at radius 3 is 2.53 bits per heavy atom. The largest absolute Gasteiger partial charge is 0.480 e. The number of hydrogen-bond donors (Lipinski definition) is 1. The molecule has 98 valence electrons. The van der Waals surface area contributed by atoms with E-state index in [0.29, 0.717) is 6.42 Å². The van der Waals surface area contributed by atoms with E-state index in [1.807, 2.05) is 0 Å². The third-order valence-corrected chi connectivity index (χ3v) is 2.78. The minimum atomic E-state index is -3.47. The summed E-state index contributed by atoms with van der Waals surface area (Å²) < 4.78 is 27.1. The molecule has 4 nitrogen and oxygen atoms in total. The highest BCUT2D eigenvalue weighted by molar-refractivity contribution is 5.88. The van der Waals surface area contributed by atoms with Crippen LogP contribution in [0.25, 0.3) is 0 Å². The summed E-state index contributed by atoms with van der Waals surface area (Å²) in [4.78, 5) is 23.3. The van der Waals surface area contributed by atoms with Crippen LogP contribution in [0.15, 0.2) is 0 Å². The molecule has 0 aromatic rings. The van der Waals surface area contributed by atoms with Crippen LogP contribution in [0, 0.1) is 5.92 Å². The summed E-state index contributed by atoms with van der Waals surface area (Å²) in [7, 11) is 0. The number of halogens is 2. The number of hydrogen-bond acceptors (Lipinski definition) is 2. The quantitative estimate of drug-likeness (QED) is 0.825. The van der Waals surface area contributed by atoms with Crippen LogP contribution in [0.2, 0.25) is 0 Å². The third-order valence-electron chi connectivity index (χ3n) is 2.78. The molecule has 0 radical (unpaired) electrons. The molecule has 1 amide bonds. The molecule has 0 aromatic heterocycles. The lowest BCUT2D eigenvalue weighted by Crippen LogP contribution is -2.48. The molecule has 0 saturated carbocycles. The summed E-state index contributed by atoms with van der Waals surface area (Å²) in [6.07, 6.45) is 0.161. The normalized spacial score (nSPS) is 21.0. The van der Waals surface area contributed by atoms with Crippen molar-refractivity contribution in [3.05, 3.63) is 0 Å². The molecule has 1 fully saturated rings. The van der Waals surface area contributed by atoms with E-state index in [4.69, 9.17) is 5.11 Å². The summed E-state index contributed by atoms with van der Waals surface area (Å²) in [6.45, 7) is 3.29. The van der Waals surface area contributed by atoms with Crippen LogP contribution in [0.1, 0.15) is 33.1 Å². The van der Waals surface area contributed by atoms with Gasteiger partial charge in [-0.25, -0.2) is 4.79 Å². The number of carbonyl (C=O) groups excluding carboxylic acids is 1. The van der Waals surface area contributed by atoms with E-state index < -0.39 is 30.3 Å². The van der Waals surface area contributed by atoms with Gasteiger partial charge in [0.25, 0.3) is 5.91 Å². The highest BCUT2D eigenvalue weighted by atomic mass is 19.3. The van der Waals surface area contributed by atoms with Crippen LogP contribution in [0.5, 0.6) is 0 Å². The first-order valence-electron chi connectivity index (χ1n) is 5.67. The predicted molar refractivity (Wildman–Crippen MR) is 56.8 cm³/mol. The van der Waals surface area contributed by atoms with Gasteiger partial charge in [0.15, 0.2) is 0 Å². The molecule has 0 spiro atoms. The summed E-state index contributed by atoms with van der Waals surface area (Å²) in [5.74, 6) is -6.35. The number of alkyl halides is 2. The van der Waals surface area contributed by atoms with Crippen LogP contribution in [0.4, 0.5) is 8.78 Å². The molecule has 17 heavy (non-hydrogen) atoms. The van der Waals surface area contributed by atoms with Crippen molar-refractivity contribution in [2.45, 2.75) is 45.1 Å². The average Bonchev–Trinajstić information content (AvgIpc) is 2.62. The first-order chi connectivity index (χ1) is 7.75. The van der Waals surface area contributed by atoms with Crippen molar-refractivity contribution in [2.75, 3.05) is 6.54 Å². The molecule has 1 atom stereocenters. The molecule has 1 unspecified atom stereocenters. The van der Waals surface area contributed by atoms with Crippen molar-refractivity contribution >= 4 is 11.9 Å². The zero-order valence-corrected chi connectivity index (χ0v) is 9.95. The van der Waals surface area contributed by atoms with Gasteiger partial charge >= 0.3 is 11.9 Å². The maximum absolute atomic E-state index is 13.6. The van der Waals surface area contributed by atoms with Gasteiger partial charge < -0.3 is 10.0 Å². The number of carboxylic acids is 1. The molecule has 1 saturated heterocycles. The van der Waals surface area contributed by atoms with Gasteiger partial charge in [0.1, 0.15) is 6.04 Å². The molecule has 1 N–H and O–H groups in total. The van der Waals surface area contributed by atoms with Gasteiger partial charge in [-0.1, -0.05) is 13.8 Å². The highest BCUT2D eigenvalue weighted by Crippen LogP contribution is 2.29. The lowest BCUT2D eigenvalue weighted by atomic mass is 10.0. The maximum Gasteiger partial charge on any atom is 0.326 e. The number of nitrogens with zero attached hydrogens (tertiary/aromatic N) is 1. The van der Waals surface area contributed by atoms with E-state index in [-0.39, 0.29) is 18.9 Å². The number of carboxylic acid groups (broad SMARTS) is 1. The van der Waals surface area contributed by atoms with Gasteiger partial charge in [-0.05, 0) is 18.8 Å². The second-order valence-corrected chi connectivity index (χ2v) is 4.80. The molecule has 0 aromatic carbocycles. The second-order valence-electron chi connectivity index (χ2n) is 4.80. The van der Waals surface area contributed by atoms with Gasteiger partial charge in [-0.15, -0.1) is 0 Å². The van der Waals surface area contributed by atoms with Crippen LogP contribution in [-0.4, -0.2) is 40.4 Å². The number of likely N-dealkylation sites (tertiary alicyclic amines) is 1. The molecule has 0 bridgehead atoms. The Bertz CT molecular complexity index is 318. The van der Waals surface area contributed by atoms with Gasteiger partial charge in [-0.3, -0.25) is 4.79 Å². The zero-order valence-electron chi connectivity index (χ0n) is 9.95. The number of rotatable bonds is 4.